The molecule has 9 heteroatoms. The van der Waals surface area contributed by atoms with Crippen LogP contribution in [0.4, 0.5) is 11.4 Å². The molecule has 0 saturated carbocycles. The zero-order chi connectivity index (χ0) is 21.1. The van der Waals surface area contributed by atoms with Gasteiger partial charge in [0.15, 0.2) is 4.34 Å². The van der Waals surface area contributed by atoms with Crippen molar-refractivity contribution in [2.24, 2.45) is 0 Å². The van der Waals surface area contributed by atoms with Gasteiger partial charge in [-0.15, -0.1) is 11.3 Å². The number of thiazole rings is 1. The standard InChI is InChI=1S/C20H26N4O3S2/c1-3-4-5-10-21-18(26)11-17-12-28-20(24-17)29-13-19(27)23-16-8-6-15(7-9-16)22-14(2)25/h6-9,12H,3-5,10-11,13H2,1-2H3,(H,21,26)(H,22,25)(H,23,27). The molecule has 0 aliphatic rings. The van der Waals surface area contributed by atoms with Crippen LogP contribution in [0.25, 0.3) is 0 Å². The molecule has 3 amide bonds. The lowest BCUT2D eigenvalue weighted by Crippen LogP contribution is -2.26. The number of anilines is 2. The van der Waals surface area contributed by atoms with Gasteiger partial charge < -0.3 is 16.0 Å². The number of thioether (sulfide) groups is 1. The Kier molecular flexibility index (Phi) is 9.66. The second-order valence-corrected chi connectivity index (χ2v) is 8.51. The SMILES string of the molecule is CCCCCNC(=O)Cc1csc(SCC(=O)Nc2ccc(NC(C)=O)cc2)n1. The largest absolute Gasteiger partial charge is 0.356 e. The molecule has 29 heavy (non-hydrogen) atoms. The van der Waals surface area contributed by atoms with Crippen LogP contribution in [0.15, 0.2) is 34.0 Å². The molecular weight excluding hydrogens is 408 g/mol. The average molecular weight is 435 g/mol. The molecule has 0 aliphatic carbocycles. The van der Waals surface area contributed by atoms with Crippen molar-refractivity contribution in [1.29, 1.82) is 0 Å². The smallest absolute Gasteiger partial charge is 0.234 e. The maximum absolute atomic E-state index is 12.1. The minimum absolute atomic E-state index is 0.0246. The number of rotatable bonds is 11. The fourth-order valence-corrected chi connectivity index (χ4v) is 4.07. The molecule has 156 valence electrons. The van der Waals surface area contributed by atoms with Gasteiger partial charge in [0.05, 0.1) is 17.9 Å². The monoisotopic (exact) mass is 434 g/mol. The van der Waals surface area contributed by atoms with Gasteiger partial charge in [0.25, 0.3) is 0 Å². The number of nitrogens with zero attached hydrogens (tertiary/aromatic N) is 1. The number of carbonyl (C=O) groups excluding carboxylic acids is 3. The van der Waals surface area contributed by atoms with Gasteiger partial charge in [0, 0.05) is 30.2 Å². The van der Waals surface area contributed by atoms with Crippen molar-refractivity contribution in [2.45, 2.75) is 43.9 Å². The molecule has 1 aromatic carbocycles. The molecule has 0 spiro atoms. The van der Waals surface area contributed by atoms with E-state index in [0.717, 1.165) is 29.3 Å². The van der Waals surface area contributed by atoms with Crippen LogP contribution in [0.3, 0.4) is 0 Å². The fraction of sp³-hybridized carbons (Fsp3) is 0.400. The highest BCUT2D eigenvalue weighted by Crippen LogP contribution is 2.23. The Labute approximate surface area is 179 Å². The minimum atomic E-state index is -0.146. The van der Waals surface area contributed by atoms with E-state index in [-0.39, 0.29) is 29.9 Å². The quantitative estimate of drug-likeness (QED) is 0.370. The predicted octanol–water partition coefficient (Wildman–Crippen LogP) is 3.68. The second-order valence-electron chi connectivity index (χ2n) is 6.43. The average Bonchev–Trinajstić information content (AvgIpc) is 3.12. The first-order valence-electron chi connectivity index (χ1n) is 9.47. The lowest BCUT2D eigenvalue weighted by Gasteiger charge is -2.06. The lowest BCUT2D eigenvalue weighted by atomic mass is 10.2. The van der Waals surface area contributed by atoms with Gasteiger partial charge in [0.1, 0.15) is 0 Å². The third-order valence-corrected chi connectivity index (χ3v) is 5.86. The van der Waals surface area contributed by atoms with Crippen molar-refractivity contribution in [3.05, 3.63) is 35.3 Å². The number of amides is 3. The van der Waals surface area contributed by atoms with Crippen LogP contribution >= 0.6 is 23.1 Å². The predicted molar refractivity (Wildman–Crippen MR) is 118 cm³/mol. The van der Waals surface area contributed by atoms with Crippen molar-refractivity contribution in [1.82, 2.24) is 10.3 Å². The third kappa shape index (κ3) is 9.10. The van der Waals surface area contributed by atoms with Crippen LogP contribution in [0.5, 0.6) is 0 Å². The molecule has 1 aromatic heterocycles. The van der Waals surface area contributed by atoms with Crippen molar-refractivity contribution < 1.29 is 14.4 Å². The van der Waals surface area contributed by atoms with Gasteiger partial charge in [-0.2, -0.15) is 0 Å². The number of hydrogen-bond donors (Lipinski definition) is 3. The molecule has 3 N–H and O–H groups in total. The number of unbranched alkanes of at least 4 members (excludes halogenated alkanes) is 2. The number of benzene rings is 1. The third-order valence-electron chi connectivity index (χ3n) is 3.79. The summed E-state index contributed by atoms with van der Waals surface area (Å²) in [5.41, 5.74) is 2.05. The summed E-state index contributed by atoms with van der Waals surface area (Å²) in [6.45, 7) is 4.27. The first-order chi connectivity index (χ1) is 14.0. The van der Waals surface area contributed by atoms with E-state index in [1.54, 1.807) is 24.3 Å². The van der Waals surface area contributed by atoms with E-state index in [4.69, 9.17) is 0 Å². The molecule has 0 saturated heterocycles. The summed E-state index contributed by atoms with van der Waals surface area (Å²) >= 11 is 2.77. The molecule has 0 atom stereocenters. The van der Waals surface area contributed by atoms with Crippen LogP contribution < -0.4 is 16.0 Å². The number of aromatic nitrogens is 1. The van der Waals surface area contributed by atoms with Gasteiger partial charge in [-0.25, -0.2) is 4.98 Å². The Bertz CT molecular complexity index is 821. The zero-order valence-corrected chi connectivity index (χ0v) is 18.3. The molecular formula is C20H26N4O3S2. The van der Waals surface area contributed by atoms with E-state index in [2.05, 4.69) is 27.9 Å². The lowest BCUT2D eigenvalue weighted by molar-refractivity contribution is -0.120. The van der Waals surface area contributed by atoms with E-state index >= 15 is 0 Å². The van der Waals surface area contributed by atoms with Crippen molar-refractivity contribution in [3.8, 4) is 0 Å². The van der Waals surface area contributed by atoms with Crippen LogP contribution in [0.2, 0.25) is 0 Å². The van der Waals surface area contributed by atoms with Crippen LogP contribution in [-0.4, -0.2) is 35.0 Å². The molecule has 2 rings (SSSR count). The summed E-state index contributed by atoms with van der Waals surface area (Å²) in [6.07, 6.45) is 3.49. The Morgan fingerprint density at radius 2 is 1.72 bits per heavy atom. The minimum Gasteiger partial charge on any atom is -0.356 e. The summed E-state index contributed by atoms with van der Waals surface area (Å²) in [6, 6.07) is 6.91. The van der Waals surface area contributed by atoms with Crippen molar-refractivity contribution >= 4 is 52.2 Å². The van der Waals surface area contributed by atoms with Gasteiger partial charge in [-0.05, 0) is 30.7 Å². The fourth-order valence-electron chi connectivity index (χ4n) is 2.43. The highest BCUT2D eigenvalue weighted by molar-refractivity contribution is 8.01. The van der Waals surface area contributed by atoms with E-state index in [1.807, 2.05) is 5.38 Å². The summed E-state index contributed by atoms with van der Waals surface area (Å²) in [4.78, 5) is 39.4. The summed E-state index contributed by atoms with van der Waals surface area (Å²) in [5, 5.41) is 10.2. The summed E-state index contributed by atoms with van der Waals surface area (Å²) < 4.78 is 0.759. The number of carbonyl (C=O) groups is 3. The van der Waals surface area contributed by atoms with Gasteiger partial charge in [0.2, 0.25) is 17.7 Å². The molecule has 2 aromatic rings. The number of nitrogens with one attached hydrogen (secondary N) is 3. The Hall–Kier alpha value is -2.39. The summed E-state index contributed by atoms with van der Waals surface area (Å²) in [5.74, 6) is -0.0880. The maximum Gasteiger partial charge on any atom is 0.234 e. The van der Waals surface area contributed by atoms with E-state index in [9.17, 15) is 14.4 Å². The zero-order valence-electron chi connectivity index (χ0n) is 16.6. The molecule has 0 bridgehead atoms. The van der Waals surface area contributed by atoms with E-state index < -0.39 is 0 Å². The normalized spacial score (nSPS) is 10.4. The highest BCUT2D eigenvalue weighted by atomic mass is 32.2. The highest BCUT2D eigenvalue weighted by Gasteiger charge is 2.10. The Balaban J connectivity index is 1.72. The maximum atomic E-state index is 12.1. The van der Waals surface area contributed by atoms with Gasteiger partial charge in [-0.3, -0.25) is 14.4 Å². The molecule has 0 aliphatic heterocycles. The molecule has 0 fully saturated rings. The first kappa shape index (κ1) is 22.9. The number of hydrogen-bond acceptors (Lipinski definition) is 6. The molecule has 7 nitrogen and oxygen atoms in total. The van der Waals surface area contributed by atoms with Crippen LogP contribution in [0.1, 0.15) is 38.8 Å². The Morgan fingerprint density at radius 1 is 1.03 bits per heavy atom. The molecule has 0 unspecified atom stereocenters. The van der Waals surface area contributed by atoms with Gasteiger partial charge >= 0.3 is 0 Å². The van der Waals surface area contributed by atoms with Crippen LogP contribution in [0, 0.1) is 0 Å². The molecule has 1 heterocycles. The topological polar surface area (TPSA) is 100 Å². The summed E-state index contributed by atoms with van der Waals surface area (Å²) in [7, 11) is 0. The molecule has 0 radical (unpaired) electrons. The van der Waals surface area contributed by atoms with Crippen molar-refractivity contribution in [3.63, 3.8) is 0 Å². The van der Waals surface area contributed by atoms with Gasteiger partial charge in [-0.1, -0.05) is 31.5 Å². The van der Waals surface area contributed by atoms with Crippen molar-refractivity contribution in [2.75, 3.05) is 22.9 Å². The first-order valence-corrected chi connectivity index (χ1v) is 11.3. The Morgan fingerprint density at radius 3 is 2.38 bits per heavy atom. The van der Waals surface area contributed by atoms with E-state index in [1.165, 1.54) is 30.0 Å². The van der Waals surface area contributed by atoms with Crippen LogP contribution in [-0.2, 0) is 20.8 Å². The van der Waals surface area contributed by atoms with E-state index in [0.29, 0.717) is 17.9 Å². The second kappa shape index (κ2) is 12.2.